The van der Waals surface area contributed by atoms with Crippen molar-refractivity contribution in [1.29, 1.82) is 0 Å². The molecule has 0 aromatic rings. The molecule has 0 unspecified atom stereocenters. The molecule has 0 bridgehead atoms. The fourth-order valence-electron chi connectivity index (χ4n) is 4.27. The molecule has 0 atom stereocenters. The van der Waals surface area contributed by atoms with E-state index in [-0.39, 0.29) is 89.3 Å². The summed E-state index contributed by atoms with van der Waals surface area (Å²) in [6, 6.07) is 0. The molecule has 9 heteroatoms. The van der Waals surface area contributed by atoms with Crippen molar-refractivity contribution in [2.45, 2.75) is 77.0 Å². The van der Waals surface area contributed by atoms with Crippen molar-refractivity contribution in [2.24, 2.45) is 23.7 Å². The van der Waals surface area contributed by atoms with Crippen LogP contribution in [-0.2, 0) is 19.2 Å². The van der Waals surface area contributed by atoms with Crippen molar-refractivity contribution in [3.63, 3.8) is 0 Å². The molecule has 0 radical (unpaired) electrons. The largest absolute Gasteiger partial charge is 0.481 e. The first-order chi connectivity index (χ1) is 13.2. The van der Waals surface area contributed by atoms with Gasteiger partial charge in [-0.2, -0.15) is 0 Å². The van der Waals surface area contributed by atoms with E-state index in [0.29, 0.717) is 51.4 Å². The van der Waals surface area contributed by atoms with Crippen LogP contribution in [0.5, 0.6) is 0 Å². The summed E-state index contributed by atoms with van der Waals surface area (Å²) in [5.41, 5.74) is 0. The summed E-state index contributed by atoms with van der Waals surface area (Å²) in [4.78, 5) is 44.7. The molecule has 8 nitrogen and oxygen atoms in total. The Hall–Kier alpha value is -0.795. The zero-order valence-corrected chi connectivity index (χ0v) is 18.8. The Kier molecular flexibility index (Phi) is 14.7. The van der Waals surface area contributed by atoms with Crippen LogP contribution in [0.3, 0.4) is 0 Å². The Bertz CT molecular complexity index is 439. The number of aliphatic carboxylic acids is 4. The third kappa shape index (κ3) is 13.9. The Morgan fingerprint density at radius 3 is 0.690 bits per heavy atom. The minimum atomic E-state index is -0.900. The molecule has 0 aliphatic heterocycles. The van der Waals surface area contributed by atoms with E-state index in [0.717, 1.165) is 0 Å². The van der Waals surface area contributed by atoms with E-state index in [1.807, 2.05) is 0 Å². The molecule has 4 N–H and O–H groups in total. The molecule has 1 aliphatic rings. The molecule has 1 aliphatic carbocycles. The predicted octanol–water partition coefficient (Wildman–Crippen LogP) is 3.48. The van der Waals surface area contributed by atoms with E-state index < -0.39 is 23.9 Å². The van der Waals surface area contributed by atoms with Crippen LogP contribution in [-0.4, -0.2) is 44.3 Å². The van der Waals surface area contributed by atoms with Gasteiger partial charge in [0.05, 0.1) is 0 Å². The molecule has 29 heavy (non-hydrogen) atoms. The second-order valence-corrected chi connectivity index (χ2v) is 8.16. The monoisotopic (exact) mass is 558 g/mol. The molecule has 1 saturated carbocycles. The predicted molar refractivity (Wildman–Crippen MR) is 99.9 cm³/mol. The Balaban J connectivity index is 0.00000784. The molecule has 0 heterocycles. The van der Waals surface area contributed by atoms with Crippen LogP contribution in [0.15, 0.2) is 0 Å². The second kappa shape index (κ2) is 15.1. The van der Waals surface area contributed by atoms with E-state index in [9.17, 15) is 19.2 Å². The summed E-state index contributed by atoms with van der Waals surface area (Å²) < 4.78 is 0. The molecule has 1 rings (SSSR count). The van der Waals surface area contributed by atoms with Gasteiger partial charge in [-0.05, 0) is 75.0 Å². The summed E-state index contributed by atoms with van der Waals surface area (Å²) >= 11 is 0. The maximum atomic E-state index is 11.2. The molecule has 168 valence electrons. The van der Waals surface area contributed by atoms with Crippen LogP contribution in [0.25, 0.3) is 0 Å². The van der Waals surface area contributed by atoms with Crippen LogP contribution in [0, 0.1) is 63.6 Å². The summed E-state index contributed by atoms with van der Waals surface area (Å²) in [5.74, 6) is -3.99. The molecule has 0 spiro atoms. The maximum Gasteiger partial charge on any atom is 0.303 e. The fraction of sp³-hybridized carbons (Fsp3) is 0.800. The number of rotatable bonds is 8. The normalized spacial score (nSPS) is 26.2. The molecule has 0 aromatic carbocycles. The number of carboxylic acids is 4. The first-order valence-corrected chi connectivity index (χ1v) is 10.0. The van der Waals surface area contributed by atoms with Crippen LogP contribution in [0.2, 0.25) is 0 Å². The van der Waals surface area contributed by atoms with Crippen LogP contribution in [0.1, 0.15) is 77.0 Å². The minimum Gasteiger partial charge on any atom is -0.481 e. The third-order valence-corrected chi connectivity index (χ3v) is 5.79. The van der Waals surface area contributed by atoms with Gasteiger partial charge in [0.15, 0.2) is 0 Å². The van der Waals surface area contributed by atoms with Gasteiger partial charge in [0.1, 0.15) is 0 Å². The molecule has 1 fully saturated rings. The van der Waals surface area contributed by atoms with Crippen molar-refractivity contribution < 1.29 is 79.5 Å². The van der Waals surface area contributed by atoms with Gasteiger partial charge in [0, 0.05) is 65.6 Å². The number of hydrogen-bond acceptors (Lipinski definition) is 4. The van der Waals surface area contributed by atoms with Gasteiger partial charge >= 0.3 is 23.9 Å². The van der Waals surface area contributed by atoms with Crippen molar-refractivity contribution >= 4 is 23.9 Å². The van der Waals surface area contributed by atoms with Crippen LogP contribution < -0.4 is 0 Å². The summed E-state index contributed by atoms with van der Waals surface area (Å²) in [6.07, 6.45) is 4.73. The van der Waals surface area contributed by atoms with Crippen molar-refractivity contribution in [3.05, 3.63) is 0 Å². The SMILES string of the molecule is O=C(O)CC1CCC(CC(=O)O)CCC(CC(=O)O)CCC(CC(=O)O)CC1.[Gd]. The average molecular weight is 558 g/mol. The van der Waals surface area contributed by atoms with Gasteiger partial charge in [-0.3, -0.25) is 19.2 Å². The quantitative estimate of drug-likeness (QED) is 0.354. The number of carboxylic acid groups (broad SMARTS) is 4. The van der Waals surface area contributed by atoms with Crippen LogP contribution in [0.4, 0.5) is 0 Å². The topological polar surface area (TPSA) is 149 Å². The van der Waals surface area contributed by atoms with E-state index in [2.05, 4.69) is 0 Å². The summed E-state index contributed by atoms with van der Waals surface area (Å²) in [5, 5.41) is 36.6. The van der Waals surface area contributed by atoms with E-state index in [1.54, 1.807) is 0 Å². The summed E-state index contributed by atoms with van der Waals surface area (Å²) in [7, 11) is 0. The second-order valence-electron chi connectivity index (χ2n) is 8.16. The van der Waals surface area contributed by atoms with Gasteiger partial charge in [0.25, 0.3) is 0 Å². The van der Waals surface area contributed by atoms with Crippen LogP contribution >= 0.6 is 0 Å². The zero-order valence-electron chi connectivity index (χ0n) is 16.6. The smallest absolute Gasteiger partial charge is 0.303 e. The Labute approximate surface area is 203 Å². The Morgan fingerprint density at radius 1 is 0.448 bits per heavy atom. The molecular formula is C20H32GdO8. The summed E-state index contributed by atoms with van der Waals surface area (Å²) in [6.45, 7) is 0. The molecule has 0 saturated heterocycles. The minimum absolute atomic E-state index is 0. The van der Waals surface area contributed by atoms with E-state index >= 15 is 0 Å². The Morgan fingerprint density at radius 2 is 0.586 bits per heavy atom. The molecule has 0 aromatic heterocycles. The third-order valence-electron chi connectivity index (χ3n) is 5.79. The average Bonchev–Trinajstić information content (AvgIpc) is 2.55. The molecule has 0 amide bonds. The maximum absolute atomic E-state index is 11.2. The standard InChI is InChI=1S/C20H32O8.Gd/c21-17(22)9-13-1-2-14(10-18(23)24)5-6-16(12-20(27)28)8-7-15(4-3-13)11-19(25)26;/h13-16H,1-12H2,(H,21,22)(H,23,24)(H,25,26)(H,27,28);. The fourth-order valence-corrected chi connectivity index (χ4v) is 4.27. The molecular weight excluding hydrogens is 525 g/mol. The van der Waals surface area contributed by atoms with E-state index in [4.69, 9.17) is 20.4 Å². The van der Waals surface area contributed by atoms with E-state index in [1.165, 1.54) is 0 Å². The van der Waals surface area contributed by atoms with Gasteiger partial charge in [-0.25, -0.2) is 0 Å². The van der Waals surface area contributed by atoms with Gasteiger partial charge in [0.2, 0.25) is 0 Å². The van der Waals surface area contributed by atoms with Crippen molar-refractivity contribution in [1.82, 2.24) is 0 Å². The van der Waals surface area contributed by atoms with Crippen molar-refractivity contribution in [2.75, 3.05) is 0 Å². The first kappa shape index (κ1) is 28.2. The van der Waals surface area contributed by atoms with Gasteiger partial charge in [-0.1, -0.05) is 0 Å². The first-order valence-electron chi connectivity index (χ1n) is 10.0. The van der Waals surface area contributed by atoms with Gasteiger partial charge in [-0.15, -0.1) is 0 Å². The van der Waals surface area contributed by atoms with Gasteiger partial charge < -0.3 is 20.4 Å². The number of carbonyl (C=O) groups is 4. The number of hydrogen-bond donors (Lipinski definition) is 4. The van der Waals surface area contributed by atoms with Crippen molar-refractivity contribution in [3.8, 4) is 0 Å². The zero-order chi connectivity index (χ0) is 21.1.